The van der Waals surface area contributed by atoms with Crippen molar-refractivity contribution in [2.75, 3.05) is 13.1 Å². The third kappa shape index (κ3) is 3.78. The van der Waals surface area contributed by atoms with Crippen molar-refractivity contribution >= 4 is 20.9 Å². The quantitative estimate of drug-likeness (QED) is 0.697. The maximum Gasteiger partial charge on any atom is 0.260 e. The van der Waals surface area contributed by atoms with Crippen LogP contribution in [0.3, 0.4) is 0 Å². The summed E-state index contributed by atoms with van der Waals surface area (Å²) in [5, 5.41) is 10.2. The number of H-pyrrole nitrogens is 1. The van der Waals surface area contributed by atoms with Gasteiger partial charge in [0.2, 0.25) is 0 Å². The van der Waals surface area contributed by atoms with Crippen LogP contribution in [0.25, 0.3) is 22.0 Å². The highest BCUT2D eigenvalue weighted by Gasteiger charge is 2.28. The van der Waals surface area contributed by atoms with Crippen molar-refractivity contribution in [1.29, 1.82) is 5.26 Å². The number of hydrogen-bond donors (Lipinski definition) is 1. The summed E-state index contributed by atoms with van der Waals surface area (Å²) in [6.07, 6.45) is 7.44. The second-order valence-electron chi connectivity index (χ2n) is 7.57. The lowest BCUT2D eigenvalue weighted by Crippen LogP contribution is -2.32. The van der Waals surface area contributed by atoms with Crippen LogP contribution in [0.1, 0.15) is 38.2 Å². The standard InChI is InChI=1S/C22H24N4O2S/c1-2-16-4-3-10-26(11-9-16)29(27,28)22-8-6-18(14-25-22)20-15-24-21-7-5-17(13-23)12-19(20)21/h5-8,12,14-16,24H,2-4,9-11H2,1H3. The molecule has 29 heavy (non-hydrogen) atoms. The highest BCUT2D eigenvalue weighted by atomic mass is 32.2. The van der Waals surface area contributed by atoms with Gasteiger partial charge >= 0.3 is 0 Å². The lowest BCUT2D eigenvalue weighted by atomic mass is 9.98. The SMILES string of the molecule is CCC1CCCN(S(=O)(=O)c2ccc(-c3c[nH]c4ccc(C#N)cc34)cn2)CC1. The van der Waals surface area contributed by atoms with E-state index < -0.39 is 10.0 Å². The Balaban J connectivity index is 1.62. The molecule has 3 aromatic rings. The molecule has 1 aliphatic heterocycles. The van der Waals surface area contributed by atoms with E-state index in [9.17, 15) is 8.42 Å². The Morgan fingerprint density at radius 1 is 1.24 bits per heavy atom. The molecule has 7 heteroatoms. The molecule has 150 valence electrons. The zero-order valence-corrected chi connectivity index (χ0v) is 17.2. The number of hydrogen-bond acceptors (Lipinski definition) is 4. The van der Waals surface area contributed by atoms with Crippen LogP contribution in [0.4, 0.5) is 0 Å². The Hall–Kier alpha value is -2.69. The lowest BCUT2D eigenvalue weighted by Gasteiger charge is -2.19. The van der Waals surface area contributed by atoms with Gasteiger partial charge in [-0.25, -0.2) is 13.4 Å². The first kappa shape index (κ1) is 19.6. The first-order valence-electron chi connectivity index (χ1n) is 10.0. The number of benzene rings is 1. The monoisotopic (exact) mass is 408 g/mol. The van der Waals surface area contributed by atoms with Crippen molar-refractivity contribution < 1.29 is 8.42 Å². The minimum atomic E-state index is -3.58. The van der Waals surface area contributed by atoms with Gasteiger partial charge in [0, 0.05) is 47.5 Å². The molecule has 0 bridgehead atoms. The van der Waals surface area contributed by atoms with E-state index in [1.165, 1.54) is 0 Å². The summed E-state index contributed by atoms with van der Waals surface area (Å²) in [5.74, 6) is 0.603. The second-order valence-corrected chi connectivity index (χ2v) is 9.45. The van der Waals surface area contributed by atoms with E-state index in [0.717, 1.165) is 47.7 Å². The number of aromatic amines is 1. The van der Waals surface area contributed by atoms with E-state index in [4.69, 9.17) is 5.26 Å². The fourth-order valence-corrected chi connectivity index (χ4v) is 5.45. The van der Waals surface area contributed by atoms with Gasteiger partial charge in [0.25, 0.3) is 10.0 Å². The molecule has 0 saturated carbocycles. The summed E-state index contributed by atoms with van der Waals surface area (Å²) < 4.78 is 27.7. The molecule has 0 radical (unpaired) electrons. The van der Waals surface area contributed by atoms with Crippen molar-refractivity contribution in [1.82, 2.24) is 14.3 Å². The van der Waals surface area contributed by atoms with E-state index in [1.54, 1.807) is 28.7 Å². The van der Waals surface area contributed by atoms with Crippen molar-refractivity contribution in [2.45, 2.75) is 37.6 Å². The maximum atomic E-state index is 13.0. The Labute approximate surface area is 171 Å². The first-order valence-corrected chi connectivity index (χ1v) is 11.4. The largest absolute Gasteiger partial charge is 0.361 e. The average Bonchev–Trinajstić information content (AvgIpc) is 3.00. The smallest absolute Gasteiger partial charge is 0.260 e. The molecular formula is C22H24N4O2S. The summed E-state index contributed by atoms with van der Waals surface area (Å²) in [6, 6.07) is 11.0. The Morgan fingerprint density at radius 3 is 2.83 bits per heavy atom. The molecule has 1 fully saturated rings. The zero-order valence-electron chi connectivity index (χ0n) is 16.4. The first-order chi connectivity index (χ1) is 14.0. The van der Waals surface area contributed by atoms with Crippen LogP contribution >= 0.6 is 0 Å². The molecule has 1 unspecified atom stereocenters. The van der Waals surface area contributed by atoms with Gasteiger partial charge in [-0.3, -0.25) is 0 Å². The van der Waals surface area contributed by atoms with Gasteiger partial charge < -0.3 is 4.98 Å². The summed E-state index contributed by atoms with van der Waals surface area (Å²) in [5.41, 5.74) is 3.21. The number of nitrogens with zero attached hydrogens (tertiary/aromatic N) is 3. The topological polar surface area (TPSA) is 89.9 Å². The molecule has 1 aliphatic rings. The Kier molecular flexibility index (Phi) is 5.39. The predicted molar refractivity (Wildman–Crippen MR) is 113 cm³/mol. The third-order valence-electron chi connectivity index (χ3n) is 5.85. The fourth-order valence-electron chi connectivity index (χ4n) is 4.04. The molecule has 2 aromatic heterocycles. The predicted octanol–water partition coefficient (Wildman–Crippen LogP) is 4.30. The van der Waals surface area contributed by atoms with Crippen molar-refractivity contribution in [3.05, 3.63) is 48.3 Å². The number of aromatic nitrogens is 2. The zero-order chi connectivity index (χ0) is 20.4. The van der Waals surface area contributed by atoms with E-state index in [2.05, 4.69) is 23.0 Å². The molecule has 6 nitrogen and oxygen atoms in total. The molecule has 3 heterocycles. The van der Waals surface area contributed by atoms with Crippen LogP contribution in [-0.4, -0.2) is 35.8 Å². The number of nitrogens with one attached hydrogen (secondary N) is 1. The van der Waals surface area contributed by atoms with Crippen molar-refractivity contribution in [2.24, 2.45) is 5.92 Å². The van der Waals surface area contributed by atoms with Crippen LogP contribution in [0, 0.1) is 17.2 Å². The number of fused-ring (bicyclic) bond motifs is 1. The average molecular weight is 409 g/mol. The minimum absolute atomic E-state index is 0.0914. The minimum Gasteiger partial charge on any atom is -0.361 e. The van der Waals surface area contributed by atoms with Crippen LogP contribution in [-0.2, 0) is 10.0 Å². The van der Waals surface area contributed by atoms with Crippen molar-refractivity contribution in [3.8, 4) is 17.2 Å². The van der Waals surface area contributed by atoms with Crippen LogP contribution in [0.2, 0.25) is 0 Å². The van der Waals surface area contributed by atoms with E-state index in [1.807, 2.05) is 18.3 Å². The molecule has 0 amide bonds. The van der Waals surface area contributed by atoms with Gasteiger partial charge in [-0.2, -0.15) is 9.57 Å². The normalized spacial score (nSPS) is 18.4. The second kappa shape index (κ2) is 7.97. The van der Waals surface area contributed by atoms with Crippen LogP contribution in [0.15, 0.2) is 47.8 Å². The highest BCUT2D eigenvalue weighted by molar-refractivity contribution is 7.89. The number of nitriles is 1. The summed E-state index contributed by atoms with van der Waals surface area (Å²) in [6.45, 7) is 3.28. The Bertz CT molecular complexity index is 1160. The van der Waals surface area contributed by atoms with Gasteiger partial charge in [-0.15, -0.1) is 0 Å². The van der Waals surface area contributed by atoms with Crippen LogP contribution < -0.4 is 0 Å². The number of pyridine rings is 1. The van der Waals surface area contributed by atoms with E-state index in [-0.39, 0.29) is 5.03 Å². The Morgan fingerprint density at radius 2 is 2.10 bits per heavy atom. The molecule has 4 rings (SSSR count). The van der Waals surface area contributed by atoms with Crippen molar-refractivity contribution in [3.63, 3.8) is 0 Å². The summed E-state index contributed by atoms with van der Waals surface area (Å²) in [7, 11) is -3.58. The van der Waals surface area contributed by atoms with Gasteiger partial charge in [-0.05, 0) is 55.5 Å². The van der Waals surface area contributed by atoms with Crippen LogP contribution in [0.5, 0.6) is 0 Å². The summed E-state index contributed by atoms with van der Waals surface area (Å²) in [4.78, 5) is 7.48. The molecule has 0 spiro atoms. The fraction of sp³-hybridized carbons (Fsp3) is 0.364. The highest BCUT2D eigenvalue weighted by Crippen LogP contribution is 2.30. The lowest BCUT2D eigenvalue weighted by molar-refractivity contribution is 0.406. The molecule has 1 aromatic carbocycles. The van der Waals surface area contributed by atoms with E-state index >= 15 is 0 Å². The van der Waals surface area contributed by atoms with Gasteiger partial charge in [0.05, 0.1) is 11.6 Å². The molecular weight excluding hydrogens is 384 g/mol. The third-order valence-corrected chi connectivity index (χ3v) is 7.66. The molecule has 1 atom stereocenters. The molecule has 0 aliphatic carbocycles. The van der Waals surface area contributed by atoms with Gasteiger partial charge in [-0.1, -0.05) is 13.3 Å². The molecule has 1 saturated heterocycles. The summed E-state index contributed by atoms with van der Waals surface area (Å²) >= 11 is 0. The number of sulfonamides is 1. The van der Waals surface area contributed by atoms with Gasteiger partial charge in [0.15, 0.2) is 5.03 Å². The number of rotatable bonds is 4. The maximum absolute atomic E-state index is 13.0. The molecule has 1 N–H and O–H groups in total. The van der Waals surface area contributed by atoms with Gasteiger partial charge in [0.1, 0.15) is 0 Å². The van der Waals surface area contributed by atoms with E-state index in [0.29, 0.717) is 24.6 Å².